The minimum Gasteiger partial charge on any atom is -0.370 e. The fourth-order valence-electron chi connectivity index (χ4n) is 3.71. The zero-order valence-corrected chi connectivity index (χ0v) is 12.9. The molecule has 2 aliphatic rings. The third kappa shape index (κ3) is 2.39. The summed E-state index contributed by atoms with van der Waals surface area (Å²) in [6.07, 6.45) is 5.60. The van der Waals surface area contributed by atoms with Crippen molar-refractivity contribution in [3.05, 3.63) is 35.1 Å². The fourth-order valence-corrected chi connectivity index (χ4v) is 3.92. The lowest BCUT2D eigenvalue weighted by Crippen LogP contribution is -2.38. The second kappa shape index (κ2) is 5.47. The van der Waals surface area contributed by atoms with Crippen LogP contribution in [0.5, 0.6) is 0 Å². The third-order valence-electron chi connectivity index (χ3n) is 4.85. The van der Waals surface area contributed by atoms with Gasteiger partial charge in [-0.1, -0.05) is 23.7 Å². The molecule has 4 heteroatoms. The Bertz CT molecular complexity index is 664. The molecule has 3 nitrogen and oxygen atoms in total. The average molecular weight is 302 g/mol. The number of piperidine rings is 1. The van der Waals surface area contributed by atoms with E-state index in [1.165, 1.54) is 36.0 Å². The molecule has 0 aliphatic carbocycles. The monoisotopic (exact) mass is 301 g/mol. The van der Waals surface area contributed by atoms with Gasteiger partial charge in [0.2, 0.25) is 0 Å². The van der Waals surface area contributed by atoms with Gasteiger partial charge in [0.15, 0.2) is 0 Å². The Morgan fingerprint density at radius 2 is 2.14 bits per heavy atom. The van der Waals surface area contributed by atoms with Crippen molar-refractivity contribution in [1.29, 1.82) is 0 Å². The number of aromatic nitrogens is 1. The van der Waals surface area contributed by atoms with Crippen LogP contribution in [0.3, 0.4) is 0 Å². The van der Waals surface area contributed by atoms with Crippen LogP contribution in [-0.4, -0.2) is 31.2 Å². The molecule has 1 aromatic heterocycles. The normalized spacial score (nSPS) is 19.2. The van der Waals surface area contributed by atoms with Crippen LogP contribution in [-0.2, 0) is 6.42 Å². The van der Waals surface area contributed by atoms with Gasteiger partial charge in [-0.15, -0.1) is 0 Å². The molecule has 1 fully saturated rings. The summed E-state index contributed by atoms with van der Waals surface area (Å²) in [6.45, 7) is 4.59. The second-order valence-corrected chi connectivity index (χ2v) is 6.52. The molecule has 0 spiro atoms. The van der Waals surface area contributed by atoms with Crippen LogP contribution in [0.4, 0.5) is 5.69 Å². The van der Waals surface area contributed by atoms with E-state index in [4.69, 9.17) is 11.6 Å². The van der Waals surface area contributed by atoms with E-state index in [2.05, 4.69) is 33.4 Å². The van der Waals surface area contributed by atoms with E-state index in [1.807, 2.05) is 6.20 Å². The summed E-state index contributed by atoms with van der Waals surface area (Å²) in [7, 11) is 0. The van der Waals surface area contributed by atoms with Crippen molar-refractivity contribution < 1.29 is 0 Å². The molecule has 0 radical (unpaired) electrons. The molecular formula is C17H20ClN3. The standard InChI is InChI=1S/C17H20ClN3/c18-17-14-2-1-3-15-16(14)13(10-20-17)6-9-21(15)11-12-4-7-19-8-5-12/h1-3,10,12,19H,4-9,11H2. The number of nitrogens with zero attached hydrogens (tertiary/aromatic N) is 2. The van der Waals surface area contributed by atoms with Crippen molar-refractivity contribution in [2.75, 3.05) is 31.1 Å². The van der Waals surface area contributed by atoms with Gasteiger partial charge >= 0.3 is 0 Å². The number of halogens is 1. The fraction of sp³-hybridized carbons (Fsp3) is 0.471. The maximum Gasteiger partial charge on any atom is 0.136 e. The predicted octanol–water partition coefficient (Wildman–Crippen LogP) is 3.25. The number of nitrogens with one attached hydrogen (secondary N) is 1. The molecule has 21 heavy (non-hydrogen) atoms. The quantitative estimate of drug-likeness (QED) is 0.863. The molecule has 0 atom stereocenters. The van der Waals surface area contributed by atoms with Gasteiger partial charge in [-0.25, -0.2) is 4.98 Å². The first kappa shape index (κ1) is 13.4. The number of hydrogen-bond donors (Lipinski definition) is 1. The molecular weight excluding hydrogens is 282 g/mol. The third-order valence-corrected chi connectivity index (χ3v) is 5.15. The summed E-state index contributed by atoms with van der Waals surface area (Å²) >= 11 is 6.28. The predicted molar refractivity (Wildman–Crippen MR) is 88.3 cm³/mol. The molecule has 2 aromatic rings. The summed E-state index contributed by atoms with van der Waals surface area (Å²) in [4.78, 5) is 6.89. The summed E-state index contributed by atoms with van der Waals surface area (Å²) in [5.74, 6) is 0.806. The Kier molecular flexibility index (Phi) is 3.48. The van der Waals surface area contributed by atoms with Crippen molar-refractivity contribution in [3.8, 4) is 0 Å². The van der Waals surface area contributed by atoms with Crippen LogP contribution < -0.4 is 10.2 Å². The summed E-state index contributed by atoms with van der Waals surface area (Å²) in [5, 5.41) is 6.49. The number of pyridine rings is 1. The summed E-state index contributed by atoms with van der Waals surface area (Å²) in [5.41, 5.74) is 2.68. The Hall–Kier alpha value is -1.32. The molecule has 1 saturated heterocycles. The van der Waals surface area contributed by atoms with E-state index >= 15 is 0 Å². The van der Waals surface area contributed by atoms with Gasteiger partial charge in [-0.05, 0) is 49.9 Å². The highest BCUT2D eigenvalue weighted by Crippen LogP contribution is 2.37. The van der Waals surface area contributed by atoms with Crippen LogP contribution in [0.25, 0.3) is 10.8 Å². The first-order valence-corrected chi connectivity index (χ1v) is 8.22. The van der Waals surface area contributed by atoms with E-state index in [1.54, 1.807) is 0 Å². The molecule has 1 aromatic carbocycles. The Balaban J connectivity index is 1.71. The van der Waals surface area contributed by atoms with Gasteiger partial charge in [0.05, 0.1) is 0 Å². The Labute approximate surface area is 130 Å². The minimum atomic E-state index is 0.624. The van der Waals surface area contributed by atoms with Gasteiger partial charge in [0.25, 0.3) is 0 Å². The lowest BCUT2D eigenvalue weighted by molar-refractivity contribution is 0.373. The minimum absolute atomic E-state index is 0.624. The van der Waals surface area contributed by atoms with Crippen LogP contribution in [0, 0.1) is 5.92 Å². The van der Waals surface area contributed by atoms with Crippen molar-refractivity contribution in [1.82, 2.24) is 10.3 Å². The number of benzene rings is 1. The molecule has 0 amide bonds. The zero-order chi connectivity index (χ0) is 14.2. The lowest BCUT2D eigenvalue weighted by atomic mass is 9.94. The molecule has 0 unspecified atom stereocenters. The van der Waals surface area contributed by atoms with Gasteiger partial charge in [0.1, 0.15) is 5.15 Å². The van der Waals surface area contributed by atoms with Crippen LogP contribution in [0.2, 0.25) is 5.15 Å². The van der Waals surface area contributed by atoms with E-state index in [9.17, 15) is 0 Å². The molecule has 2 aliphatic heterocycles. The molecule has 0 bridgehead atoms. The second-order valence-electron chi connectivity index (χ2n) is 6.16. The highest BCUT2D eigenvalue weighted by Gasteiger charge is 2.23. The van der Waals surface area contributed by atoms with Crippen molar-refractivity contribution >= 4 is 28.1 Å². The number of anilines is 1. The Morgan fingerprint density at radius 1 is 1.29 bits per heavy atom. The van der Waals surface area contributed by atoms with Gasteiger partial charge in [0, 0.05) is 35.7 Å². The van der Waals surface area contributed by atoms with Crippen LogP contribution in [0.15, 0.2) is 24.4 Å². The van der Waals surface area contributed by atoms with Gasteiger partial charge < -0.3 is 10.2 Å². The van der Waals surface area contributed by atoms with Crippen molar-refractivity contribution in [2.24, 2.45) is 5.92 Å². The average Bonchev–Trinajstić information content (AvgIpc) is 2.54. The molecule has 4 rings (SSSR count). The Morgan fingerprint density at radius 3 is 3.00 bits per heavy atom. The molecule has 110 valence electrons. The largest absolute Gasteiger partial charge is 0.370 e. The molecule has 1 N–H and O–H groups in total. The van der Waals surface area contributed by atoms with Gasteiger partial charge in [-0.3, -0.25) is 0 Å². The van der Waals surface area contributed by atoms with E-state index in [-0.39, 0.29) is 0 Å². The van der Waals surface area contributed by atoms with Crippen molar-refractivity contribution in [3.63, 3.8) is 0 Å². The summed E-state index contributed by atoms with van der Waals surface area (Å²) < 4.78 is 0. The smallest absolute Gasteiger partial charge is 0.136 e. The number of rotatable bonds is 2. The van der Waals surface area contributed by atoms with E-state index in [0.29, 0.717) is 5.15 Å². The maximum absolute atomic E-state index is 6.28. The first-order chi connectivity index (χ1) is 10.3. The SMILES string of the molecule is Clc1ncc2c3c(cccc13)N(CC1CCNCC1)CC2. The van der Waals surface area contributed by atoms with E-state index < -0.39 is 0 Å². The highest BCUT2D eigenvalue weighted by atomic mass is 35.5. The molecule has 0 saturated carbocycles. The molecule has 3 heterocycles. The maximum atomic E-state index is 6.28. The zero-order valence-electron chi connectivity index (χ0n) is 12.1. The highest BCUT2D eigenvalue weighted by molar-refractivity contribution is 6.34. The first-order valence-electron chi connectivity index (χ1n) is 7.84. The van der Waals surface area contributed by atoms with E-state index in [0.717, 1.165) is 37.4 Å². The van der Waals surface area contributed by atoms with Gasteiger partial charge in [-0.2, -0.15) is 0 Å². The summed E-state index contributed by atoms with van der Waals surface area (Å²) in [6, 6.07) is 6.43. The topological polar surface area (TPSA) is 28.2 Å². The van der Waals surface area contributed by atoms with Crippen molar-refractivity contribution in [2.45, 2.75) is 19.3 Å². The lowest BCUT2D eigenvalue weighted by Gasteiger charge is -2.35. The van der Waals surface area contributed by atoms with Crippen LogP contribution in [0.1, 0.15) is 18.4 Å². The van der Waals surface area contributed by atoms with Crippen LogP contribution >= 0.6 is 11.6 Å². The number of hydrogen-bond acceptors (Lipinski definition) is 3.